The van der Waals surface area contributed by atoms with Crippen molar-refractivity contribution in [2.45, 2.75) is 19.1 Å². The van der Waals surface area contributed by atoms with Gasteiger partial charge in [-0.1, -0.05) is 60.7 Å². The fourth-order valence-electron chi connectivity index (χ4n) is 4.76. The SMILES string of the molecule is C[C@@H](NCC1CN(c2cccc(C(=O)N(C)C)c2)c2ccccc2O1)c1cccc2ccccc12. The highest BCUT2D eigenvalue weighted by Gasteiger charge is 2.27. The maximum Gasteiger partial charge on any atom is 0.253 e. The standard InChI is InChI=1S/C30H31N3O2/c1-21(26-15-9-11-22-10-4-5-14-27(22)26)31-19-25-20-33(28-16-6-7-17-29(28)35-25)24-13-8-12-23(18-24)30(34)32(2)3/h4-18,21,25,31H,19-20H2,1-3H3/t21-,25?/m1/s1. The number of carbonyl (C=O) groups is 1. The average Bonchev–Trinajstić information content (AvgIpc) is 2.90. The van der Waals surface area contributed by atoms with E-state index in [1.165, 1.54) is 16.3 Å². The van der Waals surface area contributed by atoms with Gasteiger partial charge in [-0.15, -0.1) is 0 Å². The van der Waals surface area contributed by atoms with Crippen molar-refractivity contribution in [3.05, 3.63) is 102 Å². The fourth-order valence-corrected chi connectivity index (χ4v) is 4.76. The first-order chi connectivity index (χ1) is 17.0. The van der Waals surface area contributed by atoms with Gasteiger partial charge in [0.05, 0.1) is 12.2 Å². The normalized spacial score (nSPS) is 15.9. The van der Waals surface area contributed by atoms with Crippen LogP contribution < -0.4 is 15.0 Å². The molecule has 5 nitrogen and oxygen atoms in total. The molecule has 0 spiro atoms. The number of hydrogen-bond acceptors (Lipinski definition) is 4. The molecule has 1 aliphatic heterocycles. The maximum atomic E-state index is 12.6. The van der Waals surface area contributed by atoms with E-state index >= 15 is 0 Å². The van der Waals surface area contributed by atoms with E-state index in [-0.39, 0.29) is 18.1 Å². The van der Waals surface area contributed by atoms with E-state index in [9.17, 15) is 4.79 Å². The van der Waals surface area contributed by atoms with Gasteiger partial charge in [-0.3, -0.25) is 4.79 Å². The van der Waals surface area contributed by atoms with Crippen molar-refractivity contribution >= 4 is 28.1 Å². The van der Waals surface area contributed by atoms with Crippen LogP contribution in [-0.4, -0.2) is 44.1 Å². The van der Waals surface area contributed by atoms with Gasteiger partial charge in [0, 0.05) is 37.9 Å². The molecule has 4 aromatic carbocycles. The first-order valence-corrected chi connectivity index (χ1v) is 12.1. The quantitative estimate of drug-likeness (QED) is 0.391. The zero-order chi connectivity index (χ0) is 24.4. The largest absolute Gasteiger partial charge is 0.485 e. The summed E-state index contributed by atoms with van der Waals surface area (Å²) in [5, 5.41) is 6.22. The molecule has 0 fully saturated rings. The lowest BCUT2D eigenvalue weighted by Gasteiger charge is -2.37. The summed E-state index contributed by atoms with van der Waals surface area (Å²) in [6.07, 6.45) is -0.0458. The van der Waals surface area contributed by atoms with E-state index in [1.807, 2.05) is 36.4 Å². The Morgan fingerprint density at radius 2 is 1.74 bits per heavy atom. The van der Waals surface area contributed by atoms with Gasteiger partial charge in [-0.25, -0.2) is 0 Å². The fraction of sp³-hybridized carbons (Fsp3) is 0.233. The number of fused-ring (bicyclic) bond motifs is 2. The molecule has 0 radical (unpaired) electrons. The minimum absolute atomic E-state index is 0.00414. The van der Waals surface area contributed by atoms with Crippen molar-refractivity contribution in [1.82, 2.24) is 10.2 Å². The second kappa shape index (κ2) is 9.80. The monoisotopic (exact) mass is 465 g/mol. The molecule has 178 valence electrons. The van der Waals surface area contributed by atoms with Crippen LogP contribution in [0.5, 0.6) is 5.75 Å². The Morgan fingerprint density at radius 3 is 2.60 bits per heavy atom. The lowest BCUT2D eigenvalue weighted by atomic mass is 9.99. The number of para-hydroxylation sites is 2. The summed E-state index contributed by atoms with van der Waals surface area (Å²) in [4.78, 5) is 16.4. The third kappa shape index (κ3) is 4.73. The third-order valence-corrected chi connectivity index (χ3v) is 6.59. The predicted octanol–water partition coefficient (Wildman–Crippen LogP) is 5.79. The molecule has 1 N–H and O–H groups in total. The van der Waals surface area contributed by atoms with Crippen LogP contribution in [0.25, 0.3) is 10.8 Å². The summed E-state index contributed by atoms with van der Waals surface area (Å²) in [5.41, 5.74) is 3.96. The van der Waals surface area contributed by atoms with Crippen LogP contribution in [0.2, 0.25) is 0 Å². The van der Waals surface area contributed by atoms with Crippen molar-refractivity contribution in [2.24, 2.45) is 0 Å². The molecule has 5 rings (SSSR count). The Bertz CT molecular complexity index is 1350. The summed E-state index contributed by atoms with van der Waals surface area (Å²) in [7, 11) is 3.55. The number of ether oxygens (including phenoxy) is 1. The van der Waals surface area contributed by atoms with Crippen molar-refractivity contribution in [1.29, 1.82) is 0 Å². The summed E-state index contributed by atoms with van der Waals surface area (Å²) < 4.78 is 6.39. The van der Waals surface area contributed by atoms with Gasteiger partial charge in [0.15, 0.2) is 0 Å². The molecule has 1 amide bonds. The van der Waals surface area contributed by atoms with Crippen LogP contribution in [-0.2, 0) is 0 Å². The Balaban J connectivity index is 1.37. The lowest BCUT2D eigenvalue weighted by molar-refractivity contribution is 0.0827. The van der Waals surface area contributed by atoms with Gasteiger partial charge in [-0.2, -0.15) is 0 Å². The highest BCUT2D eigenvalue weighted by atomic mass is 16.5. The number of rotatable bonds is 6. The number of nitrogens with one attached hydrogen (secondary N) is 1. The van der Waals surface area contributed by atoms with Crippen LogP contribution in [0.15, 0.2) is 91.0 Å². The zero-order valence-corrected chi connectivity index (χ0v) is 20.4. The molecule has 1 heterocycles. The molecule has 2 atom stereocenters. The molecule has 0 aromatic heterocycles. The lowest BCUT2D eigenvalue weighted by Crippen LogP contribution is -2.44. The van der Waals surface area contributed by atoms with Crippen molar-refractivity contribution in [3.63, 3.8) is 0 Å². The maximum absolute atomic E-state index is 12.6. The minimum Gasteiger partial charge on any atom is -0.485 e. The van der Waals surface area contributed by atoms with Gasteiger partial charge < -0.3 is 19.9 Å². The average molecular weight is 466 g/mol. The zero-order valence-electron chi connectivity index (χ0n) is 20.4. The van der Waals surface area contributed by atoms with Crippen LogP contribution in [0.1, 0.15) is 28.9 Å². The smallest absolute Gasteiger partial charge is 0.253 e. The van der Waals surface area contributed by atoms with Crippen LogP contribution in [0.3, 0.4) is 0 Å². The minimum atomic E-state index is -0.0458. The molecular weight excluding hydrogens is 434 g/mol. The Hall–Kier alpha value is -3.83. The van der Waals surface area contributed by atoms with Crippen LogP contribution in [0, 0.1) is 0 Å². The van der Waals surface area contributed by atoms with E-state index in [0.717, 1.165) is 17.1 Å². The van der Waals surface area contributed by atoms with E-state index < -0.39 is 0 Å². The molecule has 1 unspecified atom stereocenters. The first-order valence-electron chi connectivity index (χ1n) is 12.1. The highest BCUT2D eigenvalue weighted by molar-refractivity contribution is 5.95. The number of anilines is 2. The summed E-state index contributed by atoms with van der Waals surface area (Å²) >= 11 is 0. The van der Waals surface area contributed by atoms with E-state index in [1.54, 1.807) is 19.0 Å². The molecular formula is C30H31N3O2. The first kappa shape index (κ1) is 22.9. The highest BCUT2D eigenvalue weighted by Crippen LogP contribution is 2.38. The van der Waals surface area contributed by atoms with Crippen molar-refractivity contribution in [3.8, 4) is 5.75 Å². The van der Waals surface area contributed by atoms with E-state index in [2.05, 4.69) is 71.7 Å². The predicted molar refractivity (Wildman–Crippen MR) is 143 cm³/mol. The van der Waals surface area contributed by atoms with Gasteiger partial charge in [0.2, 0.25) is 0 Å². The number of amides is 1. The number of nitrogens with zero attached hydrogens (tertiary/aromatic N) is 2. The molecule has 1 aliphatic rings. The molecule has 0 saturated heterocycles. The van der Waals surface area contributed by atoms with Gasteiger partial charge >= 0.3 is 0 Å². The molecule has 35 heavy (non-hydrogen) atoms. The van der Waals surface area contributed by atoms with Crippen molar-refractivity contribution in [2.75, 3.05) is 32.1 Å². The Kier molecular flexibility index (Phi) is 6.43. The Labute approximate surface area is 206 Å². The van der Waals surface area contributed by atoms with E-state index in [4.69, 9.17) is 4.74 Å². The van der Waals surface area contributed by atoms with E-state index in [0.29, 0.717) is 18.7 Å². The molecule has 5 heteroatoms. The summed E-state index contributed by atoms with van der Waals surface area (Å²) in [5.74, 6) is 0.850. The second-order valence-electron chi connectivity index (χ2n) is 9.27. The Morgan fingerprint density at radius 1 is 1.00 bits per heavy atom. The van der Waals surface area contributed by atoms with Crippen molar-refractivity contribution < 1.29 is 9.53 Å². The van der Waals surface area contributed by atoms with Gasteiger partial charge in [0.25, 0.3) is 5.91 Å². The topological polar surface area (TPSA) is 44.8 Å². The molecule has 0 bridgehead atoms. The third-order valence-electron chi connectivity index (χ3n) is 6.59. The van der Waals surface area contributed by atoms with Gasteiger partial charge in [0.1, 0.15) is 11.9 Å². The van der Waals surface area contributed by atoms with Gasteiger partial charge in [-0.05, 0) is 53.6 Å². The number of benzene rings is 4. The number of hydrogen-bond donors (Lipinski definition) is 1. The van der Waals surface area contributed by atoms with Crippen LogP contribution in [0.4, 0.5) is 11.4 Å². The molecule has 4 aromatic rings. The number of carbonyl (C=O) groups excluding carboxylic acids is 1. The summed E-state index contributed by atoms with van der Waals surface area (Å²) in [6.45, 7) is 3.59. The molecule has 0 saturated carbocycles. The van der Waals surface area contributed by atoms with Crippen LogP contribution >= 0.6 is 0 Å². The molecule has 0 aliphatic carbocycles. The second-order valence-corrected chi connectivity index (χ2v) is 9.27. The summed E-state index contributed by atoms with van der Waals surface area (Å²) in [6, 6.07) is 31.1.